The second kappa shape index (κ2) is 25.9. The third kappa shape index (κ3) is 100. The molecule has 0 heterocycles. The molecule has 0 aromatic heterocycles. The van der Waals surface area contributed by atoms with Gasteiger partial charge in [0, 0.05) is 0 Å². The van der Waals surface area contributed by atoms with E-state index in [4.69, 9.17) is 10.2 Å². The number of hydrogen-bond acceptors (Lipinski definition) is 2. The van der Waals surface area contributed by atoms with E-state index in [0.29, 0.717) is 0 Å². The van der Waals surface area contributed by atoms with E-state index in [2.05, 4.69) is 0 Å². The summed E-state index contributed by atoms with van der Waals surface area (Å²) < 4.78 is 0. The smallest absolute Gasteiger partial charge is 0.855 e. The van der Waals surface area contributed by atoms with Crippen molar-refractivity contribution in [2.75, 3.05) is 13.2 Å². The van der Waals surface area contributed by atoms with Gasteiger partial charge >= 0.3 is 49.4 Å². The first kappa shape index (κ1) is 15.8. The first-order valence-electron chi connectivity index (χ1n) is 1.99. The van der Waals surface area contributed by atoms with Gasteiger partial charge in [0.05, 0.1) is 0 Å². The summed E-state index contributed by atoms with van der Waals surface area (Å²) in [4.78, 5) is 0. The zero-order chi connectivity index (χ0) is 5.41. The quantitative estimate of drug-likeness (QED) is 0.532. The van der Waals surface area contributed by atoms with E-state index in [1.165, 1.54) is 0 Å². The van der Waals surface area contributed by atoms with Crippen LogP contribution in [0.15, 0.2) is 0 Å². The summed E-state index contributed by atoms with van der Waals surface area (Å²) >= 11 is 0. The second-order valence-electron chi connectivity index (χ2n) is 0.577. The molecule has 7 heavy (non-hydrogen) atoms. The van der Waals surface area contributed by atoms with Crippen molar-refractivity contribution in [2.45, 2.75) is 13.8 Å². The van der Waals surface area contributed by atoms with Gasteiger partial charge in [-0.05, 0) is 0 Å². The summed E-state index contributed by atoms with van der Waals surface area (Å²) in [5.41, 5.74) is 0. The van der Waals surface area contributed by atoms with Crippen LogP contribution in [0.4, 0.5) is 0 Å². The molecule has 0 amide bonds. The van der Waals surface area contributed by atoms with Gasteiger partial charge in [-0.25, -0.2) is 0 Å². The Morgan fingerprint density at radius 3 is 1.00 bits per heavy atom. The second-order valence-corrected chi connectivity index (χ2v) is 0.577. The molecule has 3 heteroatoms. The molecule has 0 saturated carbocycles. The zero-order valence-corrected chi connectivity index (χ0v) is 7.03. The molecule has 2 nitrogen and oxygen atoms in total. The van der Waals surface area contributed by atoms with Crippen LogP contribution < -0.4 is 10.2 Å². The summed E-state index contributed by atoms with van der Waals surface area (Å²) in [6.45, 7) is 3.14. The van der Waals surface area contributed by atoms with E-state index in [1.807, 2.05) is 0 Å². The Bertz CT molecular complexity index is 11.7. The van der Waals surface area contributed by atoms with Crippen molar-refractivity contribution in [1.29, 1.82) is 0 Å². The molecule has 0 aliphatic carbocycles. The molecule has 0 bridgehead atoms. The fraction of sp³-hybridized carbons (Fsp3) is 1.00. The average molecular weight is 242 g/mol. The van der Waals surface area contributed by atoms with Gasteiger partial charge in [0.25, 0.3) is 0 Å². The maximum absolute atomic E-state index is 8.93. The van der Waals surface area contributed by atoms with E-state index in [1.54, 1.807) is 13.8 Å². The molecule has 0 aromatic carbocycles. The van der Waals surface area contributed by atoms with E-state index < -0.39 is 0 Å². The fourth-order valence-electron chi connectivity index (χ4n) is 0. The Labute approximate surface area is 85.5 Å². The van der Waals surface area contributed by atoms with Crippen LogP contribution in [0.25, 0.3) is 0 Å². The summed E-state index contributed by atoms with van der Waals surface area (Å²) in [5.74, 6) is 0. The summed E-state index contributed by atoms with van der Waals surface area (Å²) in [6.07, 6.45) is 0. The van der Waals surface area contributed by atoms with Crippen LogP contribution in [-0.2, 0) is 0 Å². The minimum atomic E-state index is 0. The van der Waals surface area contributed by atoms with Crippen molar-refractivity contribution in [3.63, 3.8) is 0 Å². The van der Waals surface area contributed by atoms with Gasteiger partial charge in [0.15, 0.2) is 0 Å². The van der Waals surface area contributed by atoms with Crippen molar-refractivity contribution in [3.05, 3.63) is 0 Å². The average Bonchev–Trinajstić information content (AvgIpc) is 1.39. The SMILES string of the molecule is CC[O-].CC[O-].[Eu+2]. The van der Waals surface area contributed by atoms with Gasteiger partial charge in [0.2, 0.25) is 0 Å². The maximum atomic E-state index is 8.93. The van der Waals surface area contributed by atoms with Crippen molar-refractivity contribution >= 4 is 0 Å². The van der Waals surface area contributed by atoms with Crippen molar-refractivity contribution in [2.24, 2.45) is 0 Å². The Morgan fingerprint density at radius 1 is 1.00 bits per heavy atom. The summed E-state index contributed by atoms with van der Waals surface area (Å²) in [6, 6.07) is 0. The largest absolute Gasteiger partial charge is 2.00 e. The predicted octanol–water partition coefficient (Wildman–Crippen LogP) is -1.27. The van der Waals surface area contributed by atoms with Gasteiger partial charge in [-0.3, -0.25) is 0 Å². The van der Waals surface area contributed by atoms with Gasteiger partial charge in [-0.1, -0.05) is 13.8 Å². The van der Waals surface area contributed by atoms with Crippen LogP contribution in [-0.4, -0.2) is 13.2 Å². The Balaban J connectivity index is -0.0000000400. The summed E-state index contributed by atoms with van der Waals surface area (Å²) in [5, 5.41) is 17.9. The zero-order valence-electron chi connectivity index (χ0n) is 4.61. The molecule has 45 valence electrons. The first-order valence-corrected chi connectivity index (χ1v) is 1.99. The van der Waals surface area contributed by atoms with Gasteiger partial charge in [0.1, 0.15) is 0 Å². The van der Waals surface area contributed by atoms with Crippen molar-refractivity contribution in [1.82, 2.24) is 0 Å². The van der Waals surface area contributed by atoms with Gasteiger partial charge in [-0.15, -0.1) is 13.2 Å². The minimum Gasteiger partial charge on any atom is -0.855 e. The maximum Gasteiger partial charge on any atom is 2.00 e. The van der Waals surface area contributed by atoms with Crippen LogP contribution in [0.3, 0.4) is 0 Å². The van der Waals surface area contributed by atoms with Gasteiger partial charge in [-0.2, -0.15) is 0 Å². The van der Waals surface area contributed by atoms with Gasteiger partial charge < -0.3 is 10.2 Å². The Hall–Kier alpha value is 1.50. The molecule has 1 radical (unpaired) electrons. The van der Waals surface area contributed by atoms with E-state index >= 15 is 0 Å². The predicted molar refractivity (Wildman–Crippen MR) is 21.1 cm³/mol. The standard InChI is InChI=1S/2C2H5O.Eu/c2*1-2-3;/h2*2H2,1H3;/q2*-1;+2. The van der Waals surface area contributed by atoms with Crippen molar-refractivity contribution < 1.29 is 59.6 Å². The molecule has 0 N–H and O–H groups in total. The Morgan fingerprint density at radius 2 is 1.00 bits per heavy atom. The molecule has 0 unspecified atom stereocenters. The Kier molecular flexibility index (Phi) is 58.4. The number of rotatable bonds is 0. The molecule has 0 atom stereocenters. The summed E-state index contributed by atoms with van der Waals surface area (Å²) in [7, 11) is 0. The van der Waals surface area contributed by atoms with Crippen LogP contribution in [0.1, 0.15) is 13.8 Å². The molecular formula is C4H10EuO2. The van der Waals surface area contributed by atoms with Crippen LogP contribution in [0, 0.1) is 49.4 Å². The molecule has 0 aliphatic rings. The van der Waals surface area contributed by atoms with Crippen LogP contribution in [0.2, 0.25) is 0 Å². The third-order valence-corrected chi connectivity index (χ3v) is 0. The van der Waals surface area contributed by atoms with Crippen molar-refractivity contribution in [3.8, 4) is 0 Å². The monoisotopic (exact) mass is 243 g/mol. The minimum absolute atomic E-state index is 0. The van der Waals surface area contributed by atoms with E-state index in [9.17, 15) is 0 Å². The number of hydrogen-bond donors (Lipinski definition) is 0. The molecule has 0 rings (SSSR count). The first-order chi connectivity index (χ1) is 2.83. The topological polar surface area (TPSA) is 46.1 Å². The van der Waals surface area contributed by atoms with E-state index in [0.717, 1.165) is 0 Å². The third-order valence-electron chi connectivity index (χ3n) is 0. The van der Waals surface area contributed by atoms with Crippen LogP contribution in [0.5, 0.6) is 0 Å². The molecule has 0 fully saturated rings. The molecule has 0 aliphatic heterocycles. The molecular weight excluding hydrogens is 232 g/mol. The fourth-order valence-corrected chi connectivity index (χ4v) is 0. The molecule has 0 spiro atoms. The molecule has 0 aromatic rings. The normalized spacial score (nSPS) is 5.14. The van der Waals surface area contributed by atoms with Crippen LogP contribution >= 0.6 is 0 Å². The molecule has 0 saturated heterocycles. The van der Waals surface area contributed by atoms with E-state index in [-0.39, 0.29) is 62.6 Å².